The molecule has 0 bridgehead atoms. The molecule has 9 heteroatoms. The summed E-state index contributed by atoms with van der Waals surface area (Å²) in [5.74, 6) is -11.9. The van der Waals surface area contributed by atoms with Crippen LogP contribution in [0.1, 0.15) is 0 Å². The van der Waals surface area contributed by atoms with E-state index in [0.717, 1.165) is 0 Å². The van der Waals surface area contributed by atoms with Crippen molar-refractivity contribution >= 4 is 7.06 Å². The Morgan fingerprint density at radius 1 is 0.857 bits per heavy atom. The Kier molecular flexibility index (Phi) is 2.93. The molecule has 0 aliphatic carbocycles. The Morgan fingerprint density at radius 3 is 1.07 bits per heavy atom. The summed E-state index contributed by atoms with van der Waals surface area (Å²) in [7, 11) is -6.52. The van der Waals surface area contributed by atoms with Crippen molar-refractivity contribution in [3.63, 3.8) is 0 Å². The SMILES string of the molecule is CN(C)P(C)(F)(C(F)(F)F)C(F)(F)F. The summed E-state index contributed by atoms with van der Waals surface area (Å²) in [4.78, 5) is 0. The van der Waals surface area contributed by atoms with Crippen molar-refractivity contribution in [1.29, 1.82) is 0 Å². The van der Waals surface area contributed by atoms with Gasteiger partial charge in [-0.2, -0.15) is 0 Å². The first-order valence-corrected chi connectivity index (χ1v) is 5.82. The first kappa shape index (κ1) is 13.9. The van der Waals surface area contributed by atoms with Gasteiger partial charge in [-0.25, -0.2) is 0 Å². The average Bonchev–Trinajstić information content (AvgIpc) is 1.81. The number of hydrogen-bond donors (Lipinski definition) is 0. The van der Waals surface area contributed by atoms with E-state index in [0.29, 0.717) is 14.1 Å². The molecule has 0 unspecified atom stereocenters. The van der Waals surface area contributed by atoms with Crippen LogP contribution in [-0.4, -0.2) is 37.3 Å². The molecule has 0 aromatic heterocycles. The number of rotatable bonds is 1. The van der Waals surface area contributed by atoms with Gasteiger partial charge < -0.3 is 0 Å². The van der Waals surface area contributed by atoms with E-state index in [2.05, 4.69) is 0 Å². The van der Waals surface area contributed by atoms with Crippen LogP contribution in [0, 0.1) is 0 Å². The van der Waals surface area contributed by atoms with E-state index >= 15 is 0 Å². The summed E-state index contributed by atoms with van der Waals surface area (Å²) in [5, 5.41) is 0. The predicted molar refractivity (Wildman–Crippen MR) is 39.7 cm³/mol. The van der Waals surface area contributed by atoms with Crippen LogP contribution in [0.4, 0.5) is 30.5 Å². The zero-order valence-corrected chi connectivity index (χ0v) is 8.43. The molecule has 0 rings (SSSR count). The molecule has 0 aromatic rings. The van der Waals surface area contributed by atoms with Gasteiger partial charge in [0.1, 0.15) is 0 Å². The van der Waals surface area contributed by atoms with Crippen molar-refractivity contribution in [2.75, 3.05) is 20.8 Å². The van der Waals surface area contributed by atoms with E-state index in [4.69, 9.17) is 0 Å². The van der Waals surface area contributed by atoms with Gasteiger partial charge in [0.15, 0.2) is 0 Å². The molecule has 14 heavy (non-hydrogen) atoms. The number of halogens is 7. The number of nitrogens with zero attached hydrogens (tertiary/aromatic N) is 1. The minimum absolute atomic E-state index is 0.411. The second-order valence-electron chi connectivity index (χ2n) is 3.16. The molecule has 0 aliphatic rings. The Balaban J connectivity index is 5.76. The first-order valence-electron chi connectivity index (χ1n) is 3.29. The van der Waals surface area contributed by atoms with Gasteiger partial charge in [-0.1, -0.05) is 0 Å². The van der Waals surface area contributed by atoms with Crippen molar-refractivity contribution in [3.05, 3.63) is 0 Å². The second-order valence-corrected chi connectivity index (χ2v) is 7.72. The summed E-state index contributed by atoms with van der Waals surface area (Å²) in [5.41, 5.74) is 0. The molecule has 1 nitrogen and oxygen atoms in total. The molecule has 0 N–H and O–H groups in total. The van der Waals surface area contributed by atoms with Crippen molar-refractivity contribution in [3.8, 4) is 0 Å². The normalized spacial score (nSPS) is 18.1. The van der Waals surface area contributed by atoms with E-state index < -0.39 is 30.2 Å². The summed E-state index contributed by atoms with van der Waals surface area (Å²) < 4.78 is 86.0. The molecule has 0 atom stereocenters. The van der Waals surface area contributed by atoms with Crippen LogP contribution >= 0.6 is 7.06 Å². The molecule has 0 amide bonds. The van der Waals surface area contributed by atoms with Gasteiger partial charge in [-0.15, -0.1) is 0 Å². The summed E-state index contributed by atoms with van der Waals surface area (Å²) in [6.07, 6.45) is 0. The van der Waals surface area contributed by atoms with Gasteiger partial charge in [-0.05, 0) is 0 Å². The van der Waals surface area contributed by atoms with Gasteiger partial charge in [0.25, 0.3) is 0 Å². The van der Waals surface area contributed by atoms with Crippen LogP contribution in [0.3, 0.4) is 0 Å². The Labute approximate surface area is 76.0 Å². The topological polar surface area (TPSA) is 3.24 Å². The van der Waals surface area contributed by atoms with Gasteiger partial charge in [0.05, 0.1) is 0 Å². The van der Waals surface area contributed by atoms with Gasteiger partial charge in [0, 0.05) is 0 Å². The minimum atomic E-state index is -7.38. The standard InChI is InChI=1S/C5H9F7NP/c1-13(2)14(3,12,4(6,7)8)5(9,10)11/h1-3H3. The zero-order chi connectivity index (χ0) is 12.0. The first-order chi connectivity index (χ1) is 5.75. The van der Waals surface area contributed by atoms with E-state index in [1.165, 1.54) is 0 Å². The van der Waals surface area contributed by atoms with Gasteiger partial charge in [-0.3, -0.25) is 0 Å². The van der Waals surface area contributed by atoms with Gasteiger partial charge >= 0.3 is 74.9 Å². The molecular formula is C5H9F7NP. The molecule has 0 spiro atoms. The Bertz CT molecular complexity index is 209. The maximum absolute atomic E-state index is 13.4. The summed E-state index contributed by atoms with van der Waals surface area (Å²) >= 11 is 0. The third kappa shape index (κ3) is 1.39. The molecule has 0 fully saturated rings. The number of alkyl halides is 6. The fourth-order valence-corrected chi connectivity index (χ4v) is 1.79. The van der Waals surface area contributed by atoms with E-state index in [-0.39, 0.29) is 0 Å². The van der Waals surface area contributed by atoms with Crippen LogP contribution in [0.5, 0.6) is 0 Å². The van der Waals surface area contributed by atoms with Crippen molar-refractivity contribution in [2.24, 2.45) is 0 Å². The van der Waals surface area contributed by atoms with Crippen molar-refractivity contribution in [2.45, 2.75) is 11.8 Å². The quantitative estimate of drug-likeness (QED) is 0.505. The molecule has 0 saturated heterocycles. The fourth-order valence-electron chi connectivity index (χ4n) is 0.597. The van der Waals surface area contributed by atoms with Crippen LogP contribution < -0.4 is 0 Å². The summed E-state index contributed by atoms with van der Waals surface area (Å²) in [6, 6.07) is 0. The van der Waals surface area contributed by atoms with Crippen LogP contribution in [0.15, 0.2) is 0 Å². The Morgan fingerprint density at radius 2 is 1.07 bits per heavy atom. The molecule has 88 valence electrons. The number of hydrogen-bond acceptors (Lipinski definition) is 1. The summed E-state index contributed by atoms with van der Waals surface area (Å²) in [6.45, 7) is -0.411. The maximum atomic E-state index is 13.4. The second kappa shape index (κ2) is 2.95. The zero-order valence-electron chi connectivity index (χ0n) is 7.54. The molecular weight excluding hydrogens is 238 g/mol. The van der Waals surface area contributed by atoms with E-state index in [1.54, 1.807) is 0 Å². The molecule has 0 aromatic carbocycles. The molecule has 0 radical (unpaired) electrons. The third-order valence-electron chi connectivity index (χ3n) is 2.13. The van der Waals surface area contributed by atoms with Gasteiger partial charge in [0.2, 0.25) is 0 Å². The van der Waals surface area contributed by atoms with E-state index in [9.17, 15) is 30.5 Å². The monoisotopic (exact) mass is 247 g/mol. The molecule has 0 aliphatic heterocycles. The van der Waals surface area contributed by atoms with Crippen LogP contribution in [-0.2, 0) is 0 Å². The van der Waals surface area contributed by atoms with Crippen LogP contribution in [0.2, 0.25) is 0 Å². The van der Waals surface area contributed by atoms with Crippen LogP contribution in [0.25, 0.3) is 0 Å². The van der Waals surface area contributed by atoms with Crippen molar-refractivity contribution in [1.82, 2.24) is 4.67 Å². The van der Waals surface area contributed by atoms with Crippen molar-refractivity contribution < 1.29 is 30.5 Å². The molecule has 0 saturated carbocycles. The van der Waals surface area contributed by atoms with E-state index in [1.807, 2.05) is 0 Å². The predicted octanol–water partition coefficient (Wildman–Crippen LogP) is 3.57. The Hall–Kier alpha value is -0.100. The fraction of sp³-hybridized carbons (Fsp3) is 1.00. The average molecular weight is 247 g/mol. The molecule has 0 heterocycles. The third-order valence-corrected chi connectivity index (χ3v) is 6.39.